The van der Waals surface area contributed by atoms with Gasteiger partial charge in [0.15, 0.2) is 0 Å². The van der Waals surface area contributed by atoms with E-state index in [1.807, 2.05) is 12.1 Å². The monoisotopic (exact) mass is 611 g/mol. The van der Waals surface area contributed by atoms with Crippen molar-refractivity contribution < 1.29 is 44.0 Å². The molecule has 0 aromatic heterocycles. The average Bonchev–Trinajstić information content (AvgIpc) is 3.28. The van der Waals surface area contributed by atoms with Gasteiger partial charge in [0.05, 0.1) is 12.3 Å². The minimum Gasteiger partial charge on any atom is -0.374 e. The predicted molar refractivity (Wildman–Crippen MR) is 143 cm³/mol. The van der Waals surface area contributed by atoms with Crippen molar-refractivity contribution in [2.24, 2.45) is 16.7 Å². The molecule has 12 heteroatoms. The molecule has 3 aliphatic rings. The Balaban J connectivity index is 1.28. The third-order valence-corrected chi connectivity index (χ3v) is 10.9. The number of fused-ring (bicyclic) bond motifs is 5. The summed E-state index contributed by atoms with van der Waals surface area (Å²) in [4.78, 5) is 0. The molecule has 4 rings (SSSR count). The molecule has 0 aliphatic heterocycles. The third kappa shape index (κ3) is 6.16. The van der Waals surface area contributed by atoms with Crippen LogP contribution in [0.4, 0.5) is 32.0 Å². The number of aryl methyl sites for hydroxylation is 1. The zero-order valence-electron chi connectivity index (χ0n) is 23.2. The number of nitrogens with one attached hydrogen (secondary N) is 1. The Bertz CT molecular complexity index is 1200. The van der Waals surface area contributed by atoms with Crippen molar-refractivity contribution in [2.45, 2.75) is 108 Å². The Labute approximate surface area is 238 Å². The summed E-state index contributed by atoms with van der Waals surface area (Å²) in [6.45, 7) is 6.40. The molecule has 2 N–H and O–H groups in total. The number of alkyl halides is 6. The molecule has 0 spiro atoms. The first-order chi connectivity index (χ1) is 19.0. The number of benzene rings is 1. The fourth-order valence-corrected chi connectivity index (χ4v) is 8.63. The Kier molecular flexibility index (Phi) is 8.91. The number of hydrogen-bond acceptors (Lipinski definition) is 4. The highest BCUT2D eigenvalue weighted by Gasteiger charge is 2.69. The van der Waals surface area contributed by atoms with Crippen molar-refractivity contribution in [1.29, 1.82) is 0 Å². The van der Waals surface area contributed by atoms with Gasteiger partial charge in [-0.15, -0.1) is 6.58 Å². The summed E-state index contributed by atoms with van der Waals surface area (Å²) in [6, 6.07) is 5.56. The van der Waals surface area contributed by atoms with Gasteiger partial charge in [-0.2, -0.15) is 34.8 Å². The van der Waals surface area contributed by atoms with Crippen LogP contribution in [0.15, 0.2) is 30.9 Å². The van der Waals surface area contributed by atoms with Crippen LogP contribution in [-0.4, -0.2) is 38.1 Å². The SMILES string of the molecule is C=C[C@@]12CCc3cc(NS(=O)(=O)OCCCCCCC(O)(C(F)(F)F)C(F)(F)F)ccc3[C@H]1CC[C@@]1(C)CCC[C@H]12. The van der Waals surface area contributed by atoms with Crippen LogP contribution < -0.4 is 4.72 Å². The van der Waals surface area contributed by atoms with E-state index in [4.69, 9.17) is 9.29 Å². The molecule has 3 aliphatic carbocycles. The van der Waals surface area contributed by atoms with E-state index in [9.17, 15) is 34.8 Å². The second-order valence-electron chi connectivity index (χ2n) is 12.3. The van der Waals surface area contributed by atoms with Crippen molar-refractivity contribution in [2.75, 3.05) is 11.3 Å². The van der Waals surface area contributed by atoms with Gasteiger partial charge in [0.25, 0.3) is 5.60 Å². The molecule has 1 aromatic rings. The molecule has 0 radical (unpaired) electrons. The van der Waals surface area contributed by atoms with Gasteiger partial charge in [-0.25, -0.2) is 0 Å². The molecule has 232 valence electrons. The molecular formula is C29H39F6NO4S. The van der Waals surface area contributed by atoms with Gasteiger partial charge in [-0.05, 0) is 104 Å². The van der Waals surface area contributed by atoms with Crippen molar-refractivity contribution in [3.8, 4) is 0 Å². The van der Waals surface area contributed by atoms with Crippen LogP contribution in [0.25, 0.3) is 0 Å². The number of allylic oxidation sites excluding steroid dienone is 1. The van der Waals surface area contributed by atoms with Gasteiger partial charge in [0.2, 0.25) is 0 Å². The lowest BCUT2D eigenvalue weighted by molar-refractivity contribution is -0.370. The number of unbranched alkanes of at least 4 members (excludes halogenated alkanes) is 3. The van der Waals surface area contributed by atoms with Gasteiger partial charge in [0.1, 0.15) is 0 Å². The topological polar surface area (TPSA) is 75.6 Å². The Hall–Kier alpha value is -1.79. The van der Waals surface area contributed by atoms with E-state index in [-0.39, 0.29) is 31.3 Å². The molecule has 41 heavy (non-hydrogen) atoms. The lowest BCUT2D eigenvalue weighted by Gasteiger charge is -2.56. The van der Waals surface area contributed by atoms with E-state index >= 15 is 0 Å². The number of anilines is 1. The fourth-order valence-electron chi connectivity index (χ4n) is 7.82. The maximum absolute atomic E-state index is 12.7. The van der Waals surface area contributed by atoms with Gasteiger partial charge >= 0.3 is 22.7 Å². The van der Waals surface area contributed by atoms with Gasteiger partial charge < -0.3 is 5.11 Å². The first-order valence-corrected chi connectivity index (χ1v) is 15.7. The number of hydrogen-bond donors (Lipinski definition) is 2. The molecule has 0 heterocycles. The summed E-state index contributed by atoms with van der Waals surface area (Å²) in [5.41, 5.74) is -1.64. The van der Waals surface area contributed by atoms with E-state index in [0.29, 0.717) is 22.9 Å². The first kappa shape index (κ1) is 32.1. The van der Waals surface area contributed by atoms with Crippen LogP contribution in [0, 0.1) is 16.7 Å². The average molecular weight is 612 g/mol. The Morgan fingerprint density at radius 3 is 2.39 bits per heavy atom. The highest BCUT2D eigenvalue weighted by molar-refractivity contribution is 7.88. The van der Waals surface area contributed by atoms with Crippen molar-refractivity contribution in [3.63, 3.8) is 0 Å². The molecule has 1 aromatic carbocycles. The minimum atomic E-state index is -5.84. The molecule has 0 bridgehead atoms. The maximum atomic E-state index is 12.7. The van der Waals surface area contributed by atoms with Gasteiger partial charge in [0, 0.05) is 0 Å². The van der Waals surface area contributed by atoms with Crippen LogP contribution in [0.2, 0.25) is 0 Å². The van der Waals surface area contributed by atoms with Crippen molar-refractivity contribution in [3.05, 3.63) is 42.0 Å². The fraction of sp³-hybridized carbons (Fsp3) is 0.724. The lowest BCUT2D eigenvalue weighted by Crippen LogP contribution is -2.56. The molecular weight excluding hydrogens is 572 g/mol. The van der Waals surface area contributed by atoms with E-state index < -0.39 is 41.1 Å². The summed E-state index contributed by atoms with van der Waals surface area (Å²) in [6.07, 6.45) is -3.62. The van der Waals surface area contributed by atoms with E-state index in [2.05, 4.69) is 24.3 Å². The largest absolute Gasteiger partial charge is 0.426 e. The van der Waals surface area contributed by atoms with Crippen LogP contribution >= 0.6 is 0 Å². The summed E-state index contributed by atoms with van der Waals surface area (Å²) in [5, 5.41) is 9.17. The van der Waals surface area contributed by atoms with E-state index in [1.165, 1.54) is 31.2 Å². The van der Waals surface area contributed by atoms with Crippen LogP contribution in [0.3, 0.4) is 0 Å². The quantitative estimate of drug-likeness (QED) is 0.151. The zero-order chi connectivity index (χ0) is 30.3. The highest BCUT2D eigenvalue weighted by atomic mass is 32.2. The molecule has 4 atom stereocenters. The van der Waals surface area contributed by atoms with Crippen LogP contribution in [0.1, 0.15) is 94.6 Å². The van der Waals surface area contributed by atoms with E-state index in [1.54, 1.807) is 6.07 Å². The molecule has 2 saturated carbocycles. The smallest absolute Gasteiger partial charge is 0.374 e. The summed E-state index contributed by atoms with van der Waals surface area (Å²) >= 11 is 0. The second-order valence-corrected chi connectivity index (χ2v) is 13.7. The normalized spacial score (nSPS) is 28.5. The molecule has 5 nitrogen and oxygen atoms in total. The third-order valence-electron chi connectivity index (χ3n) is 9.96. The Morgan fingerprint density at radius 2 is 1.73 bits per heavy atom. The van der Waals surface area contributed by atoms with E-state index in [0.717, 1.165) is 24.8 Å². The standard InChI is InChI=1S/C29H39F6NO4S/c1-3-26-17-12-20-19-21(10-11-22(20)23(26)13-16-25(2)14-8-9-24(25)26)36-41(38,39)40-18-7-5-4-6-15-27(37,28(30,31)32)29(33,34)35/h3,10-11,19,23-24,36-37H,1,4-9,12-18H2,2H3/t23-,24-,25-,26-/m1/s1. The molecule has 0 unspecified atom stereocenters. The van der Waals surface area contributed by atoms with Crippen molar-refractivity contribution >= 4 is 16.0 Å². The summed E-state index contributed by atoms with van der Waals surface area (Å²) in [5.74, 6) is 0.955. The summed E-state index contributed by atoms with van der Waals surface area (Å²) in [7, 11) is -4.18. The minimum absolute atomic E-state index is 0.0544. The maximum Gasteiger partial charge on any atom is 0.426 e. The molecule has 0 amide bonds. The Morgan fingerprint density at radius 1 is 1.05 bits per heavy atom. The van der Waals surface area contributed by atoms with Crippen LogP contribution in [-0.2, 0) is 20.9 Å². The zero-order valence-corrected chi connectivity index (χ0v) is 24.0. The first-order valence-electron chi connectivity index (χ1n) is 14.3. The molecule has 0 saturated heterocycles. The van der Waals surface area contributed by atoms with Gasteiger partial charge in [-0.1, -0.05) is 38.3 Å². The number of halogens is 6. The van der Waals surface area contributed by atoms with Crippen LogP contribution in [0.5, 0.6) is 0 Å². The second kappa shape index (κ2) is 11.4. The lowest BCUT2D eigenvalue weighted by atomic mass is 9.47. The number of aliphatic hydroxyl groups is 1. The highest BCUT2D eigenvalue weighted by Crippen LogP contribution is 2.67. The number of rotatable bonds is 11. The van der Waals surface area contributed by atoms with Gasteiger partial charge in [-0.3, -0.25) is 8.91 Å². The summed E-state index contributed by atoms with van der Waals surface area (Å²) < 4.78 is 109. The van der Waals surface area contributed by atoms with Crippen molar-refractivity contribution in [1.82, 2.24) is 0 Å². The predicted octanol–water partition coefficient (Wildman–Crippen LogP) is 7.97. The molecule has 2 fully saturated rings.